The van der Waals surface area contributed by atoms with Crippen molar-refractivity contribution in [2.75, 3.05) is 0 Å². The zero-order chi connectivity index (χ0) is 40.5. The van der Waals surface area contributed by atoms with Crippen molar-refractivity contribution in [3.05, 3.63) is 241 Å². The molecule has 0 saturated heterocycles. The van der Waals surface area contributed by atoms with Crippen molar-refractivity contribution in [2.24, 2.45) is 9.98 Å². The van der Waals surface area contributed by atoms with Gasteiger partial charge in [0.25, 0.3) is 0 Å². The lowest BCUT2D eigenvalue weighted by atomic mass is 9.92. The fourth-order valence-corrected chi connectivity index (χ4v) is 9.61. The Morgan fingerprint density at radius 2 is 0.836 bits per heavy atom. The first-order chi connectivity index (χ1) is 30.2. The summed E-state index contributed by atoms with van der Waals surface area (Å²) >= 11 is 1.82. The lowest BCUT2D eigenvalue weighted by Gasteiger charge is -2.24. The highest BCUT2D eigenvalue weighted by Crippen LogP contribution is 2.40. The van der Waals surface area contributed by atoms with Crippen LogP contribution >= 0.6 is 11.3 Å². The van der Waals surface area contributed by atoms with Crippen LogP contribution in [0.25, 0.3) is 75.8 Å². The lowest BCUT2D eigenvalue weighted by molar-refractivity contribution is 0.674. The number of nitrogens with zero attached hydrogens (tertiary/aromatic N) is 2. The van der Waals surface area contributed by atoms with Crippen LogP contribution in [0, 0.1) is 0 Å². The van der Waals surface area contributed by atoms with Gasteiger partial charge in [-0.3, -0.25) is 0 Å². The second-order valence-electron chi connectivity index (χ2n) is 15.4. The highest BCUT2D eigenvalue weighted by molar-refractivity contribution is 7.25. The SMILES string of the molecule is c1ccc(-c2ccc(-c3ccccc3-c3ccc(-c4ccc5sc6cccc(C7=NC(c8cccc(-c9ccccc9)c8)=NC(c8ccccc8)N7)c6c5c4)cc3)cc2)cc1. The van der Waals surface area contributed by atoms with Crippen LogP contribution in [0.3, 0.4) is 0 Å². The molecule has 0 saturated carbocycles. The van der Waals surface area contributed by atoms with Gasteiger partial charge in [-0.25, -0.2) is 9.98 Å². The van der Waals surface area contributed by atoms with Crippen LogP contribution in [-0.2, 0) is 0 Å². The Kier molecular flexibility index (Phi) is 9.45. The molecule has 0 spiro atoms. The zero-order valence-electron chi connectivity index (χ0n) is 33.2. The van der Waals surface area contributed by atoms with Crippen molar-refractivity contribution in [3.63, 3.8) is 0 Å². The van der Waals surface area contributed by atoms with Gasteiger partial charge in [-0.2, -0.15) is 0 Å². The molecule has 9 aromatic carbocycles. The molecule has 0 radical (unpaired) electrons. The molecule has 4 heteroatoms. The third-order valence-corrected chi connectivity index (χ3v) is 12.7. The summed E-state index contributed by atoms with van der Waals surface area (Å²) in [6, 6.07) is 80.1. The summed E-state index contributed by atoms with van der Waals surface area (Å²) in [5, 5.41) is 6.16. The highest BCUT2D eigenvalue weighted by atomic mass is 32.1. The van der Waals surface area contributed by atoms with E-state index in [2.05, 4.69) is 218 Å². The second kappa shape index (κ2) is 15.8. The lowest BCUT2D eigenvalue weighted by Crippen LogP contribution is -2.33. The van der Waals surface area contributed by atoms with Crippen LogP contribution in [0.15, 0.2) is 234 Å². The van der Waals surface area contributed by atoms with Gasteiger partial charge in [0.1, 0.15) is 12.0 Å². The summed E-state index contributed by atoms with van der Waals surface area (Å²) in [6.45, 7) is 0. The molecule has 3 nitrogen and oxygen atoms in total. The van der Waals surface area contributed by atoms with E-state index in [1.807, 2.05) is 23.5 Å². The van der Waals surface area contributed by atoms with Crippen molar-refractivity contribution in [2.45, 2.75) is 6.17 Å². The Morgan fingerprint density at radius 3 is 1.51 bits per heavy atom. The topological polar surface area (TPSA) is 36.8 Å². The molecule has 11 rings (SSSR count). The number of hydrogen-bond donors (Lipinski definition) is 1. The molecule has 0 amide bonds. The van der Waals surface area contributed by atoms with Gasteiger partial charge in [-0.05, 0) is 85.5 Å². The molecular formula is C57H39N3S. The molecule has 0 bridgehead atoms. The van der Waals surface area contributed by atoms with E-state index in [0.717, 1.165) is 33.7 Å². The largest absolute Gasteiger partial charge is 0.344 e. The van der Waals surface area contributed by atoms with E-state index in [1.165, 1.54) is 64.7 Å². The Bertz CT molecular complexity index is 3240. The maximum absolute atomic E-state index is 5.30. The van der Waals surface area contributed by atoms with Crippen molar-refractivity contribution >= 4 is 43.2 Å². The van der Waals surface area contributed by atoms with Gasteiger partial charge in [-0.15, -0.1) is 11.3 Å². The van der Waals surface area contributed by atoms with Crippen molar-refractivity contribution < 1.29 is 0 Å². The highest BCUT2D eigenvalue weighted by Gasteiger charge is 2.24. The van der Waals surface area contributed by atoms with Crippen LogP contribution in [-0.4, -0.2) is 11.7 Å². The molecule has 1 unspecified atom stereocenters. The summed E-state index contributed by atoms with van der Waals surface area (Å²) < 4.78 is 2.47. The Morgan fingerprint density at radius 1 is 0.361 bits per heavy atom. The number of benzene rings is 9. The zero-order valence-corrected chi connectivity index (χ0v) is 34.1. The normalized spacial score (nSPS) is 13.7. The monoisotopic (exact) mass is 797 g/mol. The van der Waals surface area contributed by atoms with Crippen LogP contribution in [0.1, 0.15) is 22.9 Å². The smallest absolute Gasteiger partial charge is 0.159 e. The maximum atomic E-state index is 5.30. The van der Waals surface area contributed by atoms with E-state index in [0.29, 0.717) is 5.84 Å². The van der Waals surface area contributed by atoms with E-state index in [-0.39, 0.29) is 6.17 Å². The van der Waals surface area contributed by atoms with E-state index < -0.39 is 0 Å². The van der Waals surface area contributed by atoms with E-state index in [1.54, 1.807) is 0 Å². The molecule has 1 aliphatic heterocycles. The molecule has 0 aliphatic carbocycles. The molecule has 1 aromatic heterocycles. The molecule has 61 heavy (non-hydrogen) atoms. The minimum absolute atomic E-state index is 0.294. The fraction of sp³-hybridized carbons (Fsp3) is 0.0175. The average molecular weight is 798 g/mol. The number of aliphatic imine (C=N–C) groups is 2. The number of thiophene rings is 1. The van der Waals surface area contributed by atoms with Crippen LogP contribution < -0.4 is 5.32 Å². The van der Waals surface area contributed by atoms with Crippen molar-refractivity contribution in [1.29, 1.82) is 0 Å². The molecule has 288 valence electrons. The Hall–Kier alpha value is -7.66. The van der Waals surface area contributed by atoms with Gasteiger partial charge in [0.05, 0.1) is 0 Å². The quantitative estimate of drug-likeness (QED) is 0.163. The first-order valence-electron chi connectivity index (χ1n) is 20.7. The first kappa shape index (κ1) is 36.4. The summed E-state index contributed by atoms with van der Waals surface area (Å²) in [5.74, 6) is 1.53. The number of fused-ring (bicyclic) bond motifs is 3. The van der Waals surface area contributed by atoms with Crippen LogP contribution in [0.2, 0.25) is 0 Å². The maximum Gasteiger partial charge on any atom is 0.159 e. The molecule has 2 heterocycles. The van der Waals surface area contributed by atoms with E-state index >= 15 is 0 Å². The molecule has 0 fully saturated rings. The molecule has 10 aromatic rings. The van der Waals surface area contributed by atoms with E-state index in [4.69, 9.17) is 9.98 Å². The molecule has 1 aliphatic rings. The van der Waals surface area contributed by atoms with Gasteiger partial charge in [0.15, 0.2) is 5.84 Å². The van der Waals surface area contributed by atoms with Crippen molar-refractivity contribution in [3.8, 4) is 55.6 Å². The number of rotatable bonds is 8. The Labute approximate surface area is 359 Å². The summed E-state index contributed by atoms with van der Waals surface area (Å²) in [6.07, 6.45) is -0.294. The molecular weight excluding hydrogens is 759 g/mol. The van der Waals surface area contributed by atoms with Gasteiger partial charge in [-0.1, -0.05) is 200 Å². The summed E-state index contributed by atoms with van der Waals surface area (Å²) in [5.41, 5.74) is 15.1. The Balaban J connectivity index is 0.951. The summed E-state index contributed by atoms with van der Waals surface area (Å²) in [4.78, 5) is 10.5. The van der Waals surface area contributed by atoms with Gasteiger partial charge in [0.2, 0.25) is 0 Å². The summed E-state index contributed by atoms with van der Waals surface area (Å²) in [7, 11) is 0. The van der Waals surface area contributed by atoms with Gasteiger partial charge in [0, 0.05) is 31.3 Å². The predicted octanol–water partition coefficient (Wildman–Crippen LogP) is 14.9. The van der Waals surface area contributed by atoms with Crippen LogP contribution in [0.5, 0.6) is 0 Å². The molecule has 1 atom stereocenters. The molecule has 1 N–H and O–H groups in total. The number of nitrogens with one attached hydrogen (secondary N) is 1. The standard InChI is InChI=1S/C57H39N3S/c1-4-14-38(15-5-1)40-26-30-42(31-27-40)48-22-10-11-23-49(48)43-32-28-41(29-33-43)46-34-35-52-51(37-46)54-50(24-13-25-53(54)61-52)57-59-55(44-18-8-3-9-19-44)58-56(60-57)47-21-12-20-45(36-47)39-16-6-2-7-17-39/h1-37,55H,(H,58,59,60). The fourth-order valence-electron chi connectivity index (χ4n) is 8.50. The number of amidine groups is 2. The third-order valence-electron chi connectivity index (χ3n) is 11.6. The van der Waals surface area contributed by atoms with E-state index in [9.17, 15) is 0 Å². The minimum atomic E-state index is -0.294. The van der Waals surface area contributed by atoms with Crippen LogP contribution in [0.4, 0.5) is 0 Å². The predicted molar refractivity (Wildman–Crippen MR) is 258 cm³/mol. The average Bonchev–Trinajstić information content (AvgIpc) is 3.73. The number of hydrogen-bond acceptors (Lipinski definition) is 4. The van der Waals surface area contributed by atoms with Crippen molar-refractivity contribution in [1.82, 2.24) is 5.32 Å². The third kappa shape index (κ3) is 7.14. The van der Waals surface area contributed by atoms with Gasteiger partial charge >= 0.3 is 0 Å². The first-order valence-corrected chi connectivity index (χ1v) is 21.5. The minimum Gasteiger partial charge on any atom is -0.344 e. The second-order valence-corrected chi connectivity index (χ2v) is 16.5. The van der Waals surface area contributed by atoms with Gasteiger partial charge < -0.3 is 5.32 Å².